The van der Waals surface area contributed by atoms with Gasteiger partial charge in [0.2, 0.25) is 11.8 Å². The standard InChI is InChI=1S/C13H10BrFN2O3.C2H6/c14-8-3-6-5-17(13(20)7(6)4-9(8)15)10-1-2-11(18)16-12(10)19;1-2/h3-4,10H,1-2,5H2,(H,16,18,19);1-2H3. The molecule has 2 aliphatic rings. The van der Waals surface area contributed by atoms with Gasteiger partial charge in [-0.05, 0) is 40.0 Å². The fraction of sp³-hybridized carbons (Fsp3) is 0.400. The molecule has 1 fully saturated rings. The van der Waals surface area contributed by atoms with Crippen molar-refractivity contribution in [2.75, 3.05) is 0 Å². The molecule has 0 spiro atoms. The van der Waals surface area contributed by atoms with Crippen molar-refractivity contribution in [2.24, 2.45) is 0 Å². The van der Waals surface area contributed by atoms with Gasteiger partial charge in [-0.25, -0.2) is 4.39 Å². The molecule has 0 radical (unpaired) electrons. The van der Waals surface area contributed by atoms with Gasteiger partial charge in [0.25, 0.3) is 5.91 Å². The van der Waals surface area contributed by atoms with E-state index in [9.17, 15) is 18.8 Å². The second-order valence-corrected chi connectivity index (χ2v) is 5.68. The number of fused-ring (bicyclic) bond motifs is 1. The first-order valence-corrected chi connectivity index (χ1v) is 7.89. The number of imide groups is 1. The van der Waals surface area contributed by atoms with Crippen molar-refractivity contribution in [3.8, 4) is 0 Å². The van der Waals surface area contributed by atoms with Crippen LogP contribution in [0.5, 0.6) is 0 Å². The van der Waals surface area contributed by atoms with Gasteiger partial charge < -0.3 is 4.90 Å². The maximum absolute atomic E-state index is 13.5. The largest absolute Gasteiger partial charge is 0.322 e. The van der Waals surface area contributed by atoms with Crippen molar-refractivity contribution < 1.29 is 18.8 Å². The van der Waals surface area contributed by atoms with Gasteiger partial charge in [-0.1, -0.05) is 13.8 Å². The number of halogens is 2. The van der Waals surface area contributed by atoms with Gasteiger partial charge in [-0.15, -0.1) is 0 Å². The smallest absolute Gasteiger partial charge is 0.255 e. The molecule has 1 aromatic rings. The van der Waals surface area contributed by atoms with Gasteiger partial charge in [0.1, 0.15) is 11.9 Å². The zero-order valence-corrected chi connectivity index (χ0v) is 13.9. The highest BCUT2D eigenvalue weighted by atomic mass is 79.9. The number of hydrogen-bond acceptors (Lipinski definition) is 3. The molecule has 22 heavy (non-hydrogen) atoms. The second-order valence-electron chi connectivity index (χ2n) is 4.82. The first kappa shape index (κ1) is 16.6. The number of hydrogen-bond donors (Lipinski definition) is 1. The monoisotopic (exact) mass is 370 g/mol. The Hall–Kier alpha value is -1.76. The Balaban J connectivity index is 0.000000847. The molecule has 7 heteroatoms. The van der Waals surface area contributed by atoms with Crippen LogP contribution in [0.1, 0.15) is 42.6 Å². The number of piperidine rings is 1. The lowest BCUT2D eigenvalue weighted by Gasteiger charge is -2.29. The third kappa shape index (κ3) is 2.90. The first-order chi connectivity index (χ1) is 10.5. The molecule has 0 aromatic heterocycles. The lowest BCUT2D eigenvalue weighted by atomic mass is 10.0. The Kier molecular flexibility index (Phi) is 4.95. The molecule has 0 saturated carbocycles. The highest BCUT2D eigenvalue weighted by Crippen LogP contribution is 2.30. The highest BCUT2D eigenvalue weighted by molar-refractivity contribution is 9.10. The number of benzene rings is 1. The van der Waals surface area contributed by atoms with Gasteiger partial charge in [-0.2, -0.15) is 0 Å². The van der Waals surface area contributed by atoms with Gasteiger partial charge in [0, 0.05) is 18.5 Å². The van der Waals surface area contributed by atoms with Crippen molar-refractivity contribution in [3.05, 3.63) is 33.5 Å². The zero-order valence-electron chi connectivity index (χ0n) is 12.3. The molecule has 0 aliphatic carbocycles. The van der Waals surface area contributed by atoms with E-state index in [1.54, 1.807) is 6.07 Å². The molecule has 1 atom stereocenters. The summed E-state index contributed by atoms with van der Waals surface area (Å²) in [4.78, 5) is 36.6. The number of nitrogens with zero attached hydrogens (tertiary/aromatic N) is 1. The summed E-state index contributed by atoms with van der Waals surface area (Å²) < 4.78 is 13.8. The summed E-state index contributed by atoms with van der Waals surface area (Å²) in [5, 5.41) is 2.22. The molecule has 1 unspecified atom stereocenters. The molecule has 118 valence electrons. The lowest BCUT2D eigenvalue weighted by molar-refractivity contribution is -0.136. The van der Waals surface area contributed by atoms with Crippen LogP contribution in [0.3, 0.4) is 0 Å². The van der Waals surface area contributed by atoms with E-state index < -0.39 is 17.8 Å². The minimum Gasteiger partial charge on any atom is -0.322 e. The molecular weight excluding hydrogens is 355 g/mol. The SMILES string of the molecule is CC.O=C1CCC(N2Cc3cc(Br)c(F)cc3C2=O)C(=O)N1. The van der Waals surface area contributed by atoms with E-state index in [2.05, 4.69) is 21.2 Å². The van der Waals surface area contributed by atoms with Gasteiger partial charge in [0.15, 0.2) is 0 Å². The van der Waals surface area contributed by atoms with Crippen LogP contribution in [0.25, 0.3) is 0 Å². The van der Waals surface area contributed by atoms with Gasteiger partial charge >= 0.3 is 0 Å². The van der Waals surface area contributed by atoms with Crippen LogP contribution >= 0.6 is 15.9 Å². The fourth-order valence-electron chi connectivity index (χ4n) is 2.56. The van der Waals surface area contributed by atoms with E-state index in [4.69, 9.17) is 0 Å². The van der Waals surface area contributed by atoms with Crippen molar-refractivity contribution in [2.45, 2.75) is 39.3 Å². The average Bonchev–Trinajstić information content (AvgIpc) is 2.79. The third-order valence-corrected chi connectivity index (χ3v) is 4.17. The van der Waals surface area contributed by atoms with Gasteiger partial charge in [-0.3, -0.25) is 19.7 Å². The number of carbonyl (C=O) groups excluding carboxylic acids is 3. The van der Waals surface area contributed by atoms with E-state index in [0.717, 1.165) is 0 Å². The molecule has 2 heterocycles. The minimum atomic E-state index is -0.672. The summed E-state index contributed by atoms with van der Waals surface area (Å²) in [6, 6.07) is 2.05. The topological polar surface area (TPSA) is 66.5 Å². The normalized spacial score (nSPS) is 20.3. The first-order valence-electron chi connectivity index (χ1n) is 7.10. The predicted molar refractivity (Wildman–Crippen MR) is 81.5 cm³/mol. The van der Waals surface area contributed by atoms with Gasteiger partial charge in [0.05, 0.1) is 4.47 Å². The summed E-state index contributed by atoms with van der Waals surface area (Å²) in [6.45, 7) is 4.25. The van der Waals surface area contributed by atoms with Crippen LogP contribution in [-0.2, 0) is 16.1 Å². The van der Waals surface area contributed by atoms with Crippen molar-refractivity contribution in [1.82, 2.24) is 10.2 Å². The quantitative estimate of drug-likeness (QED) is 0.771. The minimum absolute atomic E-state index is 0.203. The van der Waals surface area contributed by atoms with Crippen LogP contribution in [0.4, 0.5) is 4.39 Å². The van der Waals surface area contributed by atoms with Crippen LogP contribution in [0, 0.1) is 5.82 Å². The average molecular weight is 371 g/mol. The Labute approximate surface area is 136 Å². The van der Waals surface area contributed by atoms with E-state index in [1.807, 2.05) is 13.8 Å². The summed E-state index contributed by atoms with van der Waals surface area (Å²) in [5.74, 6) is -1.69. The molecular formula is C15H16BrFN2O3. The number of nitrogens with one attached hydrogen (secondary N) is 1. The highest BCUT2D eigenvalue weighted by Gasteiger charge is 2.39. The van der Waals surface area contributed by atoms with Crippen molar-refractivity contribution >= 4 is 33.7 Å². The Morgan fingerprint density at radius 2 is 1.95 bits per heavy atom. The molecule has 0 bridgehead atoms. The maximum Gasteiger partial charge on any atom is 0.255 e. The van der Waals surface area contributed by atoms with E-state index in [-0.39, 0.29) is 34.8 Å². The molecule has 1 aromatic carbocycles. The van der Waals surface area contributed by atoms with Crippen LogP contribution < -0.4 is 5.32 Å². The second kappa shape index (κ2) is 6.56. The Bertz CT molecular complexity index is 648. The van der Waals surface area contributed by atoms with Crippen LogP contribution in [-0.4, -0.2) is 28.7 Å². The molecule has 3 amide bonds. The number of rotatable bonds is 1. The molecule has 1 N–H and O–H groups in total. The maximum atomic E-state index is 13.5. The fourth-order valence-corrected chi connectivity index (χ4v) is 2.95. The zero-order chi connectivity index (χ0) is 16.4. The van der Waals surface area contributed by atoms with Crippen LogP contribution in [0.15, 0.2) is 16.6 Å². The van der Waals surface area contributed by atoms with Crippen molar-refractivity contribution in [1.29, 1.82) is 0 Å². The molecule has 1 saturated heterocycles. The van der Waals surface area contributed by atoms with Crippen molar-refractivity contribution in [3.63, 3.8) is 0 Å². The van der Waals surface area contributed by atoms with E-state index >= 15 is 0 Å². The summed E-state index contributed by atoms with van der Waals surface area (Å²) in [5.41, 5.74) is 0.948. The number of carbonyl (C=O) groups is 3. The Morgan fingerprint density at radius 3 is 2.59 bits per heavy atom. The summed E-state index contributed by atoms with van der Waals surface area (Å²) in [6.07, 6.45) is 0.503. The third-order valence-electron chi connectivity index (χ3n) is 3.56. The summed E-state index contributed by atoms with van der Waals surface area (Å²) in [7, 11) is 0. The summed E-state index contributed by atoms with van der Waals surface area (Å²) >= 11 is 3.08. The Morgan fingerprint density at radius 1 is 1.27 bits per heavy atom. The molecule has 5 nitrogen and oxygen atoms in total. The van der Waals surface area contributed by atoms with E-state index in [0.29, 0.717) is 12.0 Å². The lowest BCUT2D eigenvalue weighted by Crippen LogP contribution is -2.52. The number of amides is 3. The van der Waals surface area contributed by atoms with E-state index in [1.165, 1.54) is 11.0 Å². The van der Waals surface area contributed by atoms with Crippen LogP contribution in [0.2, 0.25) is 0 Å². The predicted octanol–water partition coefficient (Wildman–Crippen LogP) is 2.38. The molecule has 2 aliphatic heterocycles. The molecule has 3 rings (SSSR count).